The van der Waals surface area contributed by atoms with Crippen LogP contribution in [0.5, 0.6) is 0 Å². The van der Waals surface area contributed by atoms with Gasteiger partial charge in [0, 0.05) is 5.56 Å². The summed E-state index contributed by atoms with van der Waals surface area (Å²) in [5, 5.41) is -0.964. The molecule has 1 nitrogen and oxygen atoms in total. The third-order valence-electron chi connectivity index (χ3n) is 1.86. The molecular formula is C10H8ClF3O. The van der Waals surface area contributed by atoms with Crippen LogP contribution in [0.15, 0.2) is 24.3 Å². The quantitative estimate of drug-likeness (QED) is 0.567. The second-order valence-electron chi connectivity index (χ2n) is 3.02. The van der Waals surface area contributed by atoms with Crippen molar-refractivity contribution in [3.05, 3.63) is 35.4 Å². The molecule has 0 aliphatic heterocycles. The van der Waals surface area contributed by atoms with E-state index in [-0.39, 0.29) is 5.56 Å². The van der Waals surface area contributed by atoms with E-state index in [1.807, 2.05) is 0 Å². The number of ketones is 1. The summed E-state index contributed by atoms with van der Waals surface area (Å²) >= 11 is 5.47. The van der Waals surface area contributed by atoms with Gasteiger partial charge >= 0.3 is 6.18 Å². The monoisotopic (exact) mass is 236 g/mol. The SMILES string of the molecule is CC(Cl)C(=O)c1ccccc1C(F)(F)F. The van der Waals surface area contributed by atoms with Crippen LogP contribution >= 0.6 is 11.6 Å². The molecule has 0 amide bonds. The molecule has 0 aliphatic rings. The number of rotatable bonds is 2. The lowest BCUT2D eigenvalue weighted by atomic mass is 10.0. The van der Waals surface area contributed by atoms with Crippen LogP contribution in [0.4, 0.5) is 13.2 Å². The van der Waals surface area contributed by atoms with E-state index in [0.717, 1.165) is 12.1 Å². The maximum absolute atomic E-state index is 12.5. The summed E-state index contributed by atoms with van der Waals surface area (Å²) in [6.45, 7) is 1.34. The van der Waals surface area contributed by atoms with E-state index in [2.05, 4.69) is 0 Å². The van der Waals surface area contributed by atoms with Gasteiger partial charge in [-0.2, -0.15) is 13.2 Å². The molecule has 0 aromatic heterocycles. The van der Waals surface area contributed by atoms with E-state index >= 15 is 0 Å². The largest absolute Gasteiger partial charge is 0.417 e. The number of halogens is 4. The van der Waals surface area contributed by atoms with Crippen LogP contribution in [0.3, 0.4) is 0 Å². The number of Topliss-reactive ketones (excluding diaryl/α,β-unsaturated/α-hetero) is 1. The maximum Gasteiger partial charge on any atom is 0.417 e. The summed E-state index contributed by atoms with van der Waals surface area (Å²) in [5.41, 5.74) is -1.32. The van der Waals surface area contributed by atoms with Crippen molar-refractivity contribution in [2.75, 3.05) is 0 Å². The third kappa shape index (κ3) is 2.72. The predicted octanol–water partition coefficient (Wildman–Crippen LogP) is 3.52. The molecule has 1 aromatic carbocycles. The molecule has 0 N–H and O–H groups in total. The van der Waals surface area contributed by atoms with Gasteiger partial charge < -0.3 is 0 Å². The van der Waals surface area contributed by atoms with E-state index in [4.69, 9.17) is 11.6 Å². The minimum atomic E-state index is -4.53. The number of hydrogen-bond donors (Lipinski definition) is 0. The number of benzene rings is 1. The normalized spacial score (nSPS) is 13.7. The molecule has 15 heavy (non-hydrogen) atoms. The first-order chi connectivity index (χ1) is 6.84. The van der Waals surface area contributed by atoms with Crippen LogP contribution < -0.4 is 0 Å². The van der Waals surface area contributed by atoms with Crippen LogP contribution in [-0.4, -0.2) is 11.2 Å². The van der Waals surface area contributed by atoms with E-state index in [9.17, 15) is 18.0 Å². The van der Waals surface area contributed by atoms with Gasteiger partial charge in [0.1, 0.15) is 0 Å². The van der Waals surface area contributed by atoms with Crippen molar-refractivity contribution in [3.8, 4) is 0 Å². The topological polar surface area (TPSA) is 17.1 Å². The lowest BCUT2D eigenvalue weighted by Gasteiger charge is -2.12. The molecule has 1 rings (SSSR count). The van der Waals surface area contributed by atoms with Crippen LogP contribution in [-0.2, 0) is 6.18 Å². The highest BCUT2D eigenvalue weighted by molar-refractivity contribution is 6.33. The fraction of sp³-hybridized carbons (Fsp3) is 0.300. The molecule has 0 spiro atoms. The Morgan fingerprint density at radius 2 is 1.87 bits per heavy atom. The Hall–Kier alpha value is -1.03. The van der Waals surface area contributed by atoms with Crippen LogP contribution in [0.1, 0.15) is 22.8 Å². The van der Waals surface area contributed by atoms with Gasteiger partial charge in [-0.25, -0.2) is 0 Å². The van der Waals surface area contributed by atoms with Gasteiger partial charge in [-0.05, 0) is 13.0 Å². The van der Waals surface area contributed by atoms with Gasteiger partial charge in [-0.15, -0.1) is 11.6 Å². The first-order valence-electron chi connectivity index (χ1n) is 4.18. The molecule has 0 radical (unpaired) electrons. The molecule has 1 unspecified atom stereocenters. The van der Waals surface area contributed by atoms with Crippen molar-refractivity contribution in [1.29, 1.82) is 0 Å². The van der Waals surface area contributed by atoms with Gasteiger partial charge in [0.25, 0.3) is 0 Å². The highest BCUT2D eigenvalue weighted by atomic mass is 35.5. The zero-order chi connectivity index (χ0) is 11.6. The standard InChI is InChI=1S/C10H8ClF3O/c1-6(11)9(15)7-4-2-3-5-8(7)10(12,13)14/h2-6H,1H3. The maximum atomic E-state index is 12.5. The highest BCUT2D eigenvalue weighted by Crippen LogP contribution is 2.32. The molecule has 1 aromatic rings. The Labute approximate surface area is 89.9 Å². The van der Waals surface area contributed by atoms with Crippen LogP contribution in [0.2, 0.25) is 0 Å². The Balaban J connectivity index is 3.25. The molecule has 0 aliphatic carbocycles. The minimum absolute atomic E-state index is 0.382. The van der Waals surface area contributed by atoms with Crippen molar-refractivity contribution in [2.45, 2.75) is 18.5 Å². The number of alkyl halides is 4. The van der Waals surface area contributed by atoms with E-state index in [1.54, 1.807) is 0 Å². The minimum Gasteiger partial charge on any atom is -0.293 e. The Kier molecular flexibility index (Phi) is 3.39. The molecule has 82 valence electrons. The third-order valence-corrected chi connectivity index (χ3v) is 2.06. The zero-order valence-corrected chi connectivity index (χ0v) is 8.56. The fourth-order valence-corrected chi connectivity index (χ4v) is 1.28. The average molecular weight is 237 g/mol. The van der Waals surface area contributed by atoms with Gasteiger partial charge in [-0.1, -0.05) is 18.2 Å². The first kappa shape index (κ1) is 12.0. The van der Waals surface area contributed by atoms with E-state index < -0.39 is 22.9 Å². The van der Waals surface area contributed by atoms with E-state index in [1.165, 1.54) is 19.1 Å². The van der Waals surface area contributed by atoms with Gasteiger partial charge in [0.15, 0.2) is 5.78 Å². The average Bonchev–Trinajstić information content (AvgIpc) is 2.15. The van der Waals surface area contributed by atoms with Crippen molar-refractivity contribution >= 4 is 17.4 Å². The predicted molar refractivity (Wildman–Crippen MR) is 51.1 cm³/mol. The second-order valence-corrected chi connectivity index (χ2v) is 3.68. The Bertz CT molecular complexity index is 371. The van der Waals surface area contributed by atoms with Gasteiger partial charge in [0.2, 0.25) is 0 Å². The van der Waals surface area contributed by atoms with Crippen molar-refractivity contribution in [2.24, 2.45) is 0 Å². The van der Waals surface area contributed by atoms with E-state index in [0.29, 0.717) is 0 Å². The molecule has 1 atom stereocenters. The summed E-state index contributed by atoms with van der Waals surface area (Å²) in [7, 11) is 0. The summed E-state index contributed by atoms with van der Waals surface area (Å²) in [5.74, 6) is -0.718. The lowest BCUT2D eigenvalue weighted by molar-refractivity contribution is -0.137. The van der Waals surface area contributed by atoms with Gasteiger partial charge in [-0.3, -0.25) is 4.79 Å². The Morgan fingerprint density at radius 1 is 1.33 bits per heavy atom. The lowest BCUT2D eigenvalue weighted by Crippen LogP contribution is -2.17. The van der Waals surface area contributed by atoms with Crippen molar-refractivity contribution < 1.29 is 18.0 Å². The van der Waals surface area contributed by atoms with Crippen molar-refractivity contribution in [3.63, 3.8) is 0 Å². The number of carbonyl (C=O) groups is 1. The molecule has 0 heterocycles. The molecule has 5 heteroatoms. The summed E-state index contributed by atoms with van der Waals surface area (Å²) in [4.78, 5) is 11.4. The fourth-order valence-electron chi connectivity index (χ4n) is 1.16. The summed E-state index contributed by atoms with van der Waals surface area (Å²) < 4.78 is 37.4. The van der Waals surface area contributed by atoms with Crippen LogP contribution in [0, 0.1) is 0 Å². The van der Waals surface area contributed by atoms with Crippen molar-refractivity contribution in [1.82, 2.24) is 0 Å². The first-order valence-corrected chi connectivity index (χ1v) is 4.62. The molecule has 0 saturated carbocycles. The number of hydrogen-bond acceptors (Lipinski definition) is 1. The zero-order valence-electron chi connectivity index (χ0n) is 7.81. The summed E-state index contributed by atoms with van der Waals surface area (Å²) in [6.07, 6.45) is -4.53. The summed E-state index contributed by atoms with van der Waals surface area (Å²) in [6, 6.07) is 4.61. The van der Waals surface area contributed by atoms with Crippen LogP contribution in [0.25, 0.3) is 0 Å². The highest BCUT2D eigenvalue weighted by Gasteiger charge is 2.35. The number of carbonyl (C=O) groups excluding carboxylic acids is 1. The smallest absolute Gasteiger partial charge is 0.293 e. The molecule has 0 saturated heterocycles. The molecule has 0 fully saturated rings. The molecule has 0 bridgehead atoms. The Morgan fingerprint density at radius 3 is 2.33 bits per heavy atom. The second kappa shape index (κ2) is 4.23. The van der Waals surface area contributed by atoms with Gasteiger partial charge in [0.05, 0.1) is 10.9 Å². The molecular weight excluding hydrogens is 229 g/mol.